The number of benzene rings is 1. The average molecular weight is 394 g/mol. The molecule has 0 fully saturated rings. The molecule has 1 atom stereocenters. The van der Waals surface area contributed by atoms with Crippen LogP contribution in [-0.4, -0.2) is 22.1 Å². The van der Waals surface area contributed by atoms with Crippen molar-refractivity contribution in [3.8, 4) is 11.3 Å². The molecular formula is C22H23N3O2S. The molecule has 0 aliphatic carbocycles. The van der Waals surface area contributed by atoms with Gasteiger partial charge in [-0.2, -0.15) is 0 Å². The van der Waals surface area contributed by atoms with Crippen LogP contribution >= 0.6 is 11.3 Å². The van der Waals surface area contributed by atoms with E-state index in [1.807, 2.05) is 24.3 Å². The number of aryl methyl sites for hydroxylation is 2. The monoisotopic (exact) mass is 393 g/mol. The Hall–Kier alpha value is -2.44. The van der Waals surface area contributed by atoms with Gasteiger partial charge < -0.3 is 14.6 Å². The third-order valence-electron chi connectivity index (χ3n) is 5.49. The highest BCUT2D eigenvalue weighted by atomic mass is 32.1. The normalized spacial score (nSPS) is 18.4. The number of nitrogens with zero attached hydrogens (tertiary/aromatic N) is 2. The number of amides is 1. The lowest BCUT2D eigenvalue weighted by Crippen LogP contribution is -2.21. The van der Waals surface area contributed by atoms with Gasteiger partial charge in [0.15, 0.2) is 0 Å². The lowest BCUT2D eigenvalue weighted by molar-refractivity contribution is -0.119. The zero-order valence-corrected chi connectivity index (χ0v) is 16.5. The molecule has 2 aliphatic rings. The van der Waals surface area contributed by atoms with Crippen molar-refractivity contribution in [1.82, 2.24) is 9.55 Å². The Balaban J connectivity index is 1.29. The van der Waals surface area contributed by atoms with Gasteiger partial charge in [0.05, 0.1) is 18.7 Å². The molecule has 3 aromatic rings. The molecule has 2 aromatic heterocycles. The number of anilines is 1. The molecule has 1 N–H and O–H groups in total. The highest BCUT2D eigenvalue weighted by Crippen LogP contribution is 2.34. The van der Waals surface area contributed by atoms with Crippen molar-refractivity contribution < 1.29 is 9.53 Å². The molecule has 2 aliphatic heterocycles. The third kappa shape index (κ3) is 3.50. The van der Waals surface area contributed by atoms with E-state index in [2.05, 4.69) is 27.5 Å². The van der Waals surface area contributed by atoms with Gasteiger partial charge in [-0.25, -0.2) is 4.98 Å². The van der Waals surface area contributed by atoms with Crippen LogP contribution in [0.15, 0.2) is 41.9 Å². The molecule has 0 unspecified atom stereocenters. The summed E-state index contributed by atoms with van der Waals surface area (Å²) in [4.78, 5) is 18.6. The van der Waals surface area contributed by atoms with Crippen molar-refractivity contribution in [2.24, 2.45) is 0 Å². The second-order valence-corrected chi connectivity index (χ2v) is 8.39. The van der Waals surface area contributed by atoms with E-state index in [1.165, 1.54) is 23.3 Å². The summed E-state index contributed by atoms with van der Waals surface area (Å²) in [6.45, 7) is 1.73. The molecule has 4 heterocycles. The number of imidazole rings is 1. The summed E-state index contributed by atoms with van der Waals surface area (Å²) in [6.07, 6.45) is 6.75. The van der Waals surface area contributed by atoms with Crippen LogP contribution in [0, 0.1) is 0 Å². The van der Waals surface area contributed by atoms with Crippen LogP contribution in [0.3, 0.4) is 0 Å². The number of aromatic nitrogens is 2. The largest absolute Gasteiger partial charge is 0.372 e. The first-order chi connectivity index (χ1) is 13.8. The molecule has 28 heavy (non-hydrogen) atoms. The number of hydrogen-bond donors (Lipinski definition) is 1. The Morgan fingerprint density at radius 3 is 3.18 bits per heavy atom. The first-order valence-corrected chi connectivity index (χ1v) is 10.8. The van der Waals surface area contributed by atoms with Gasteiger partial charge in [0.1, 0.15) is 11.9 Å². The molecule has 0 radical (unpaired) electrons. The van der Waals surface area contributed by atoms with E-state index >= 15 is 0 Å². The number of carbonyl (C=O) groups excluding carboxylic acids is 1. The van der Waals surface area contributed by atoms with Gasteiger partial charge >= 0.3 is 0 Å². The molecular weight excluding hydrogens is 370 g/mol. The van der Waals surface area contributed by atoms with Crippen molar-refractivity contribution in [3.05, 3.63) is 58.2 Å². The molecule has 5 rings (SSSR count). The number of thiophene rings is 1. The van der Waals surface area contributed by atoms with E-state index in [1.54, 1.807) is 11.3 Å². The maximum absolute atomic E-state index is 12.6. The first kappa shape index (κ1) is 17.6. The second kappa shape index (κ2) is 7.53. The number of ether oxygens (including phenoxy) is 1. The van der Waals surface area contributed by atoms with Crippen molar-refractivity contribution in [1.29, 1.82) is 0 Å². The lowest BCUT2D eigenvalue weighted by Gasteiger charge is -2.22. The van der Waals surface area contributed by atoms with Gasteiger partial charge in [-0.15, -0.1) is 11.3 Å². The molecule has 0 saturated heterocycles. The highest BCUT2D eigenvalue weighted by molar-refractivity contribution is 7.10. The summed E-state index contributed by atoms with van der Waals surface area (Å²) >= 11 is 1.68. The number of hydrogen-bond acceptors (Lipinski definition) is 4. The Morgan fingerprint density at radius 1 is 1.29 bits per heavy atom. The molecule has 1 aromatic carbocycles. The van der Waals surface area contributed by atoms with Crippen LogP contribution in [0.2, 0.25) is 0 Å². The SMILES string of the molecule is O=C(C[C@@H]1OCCc2ccsc21)Nc1cccc(-c2cn3c(n2)CCCC3)c1. The van der Waals surface area contributed by atoms with Crippen LogP contribution in [0.4, 0.5) is 5.69 Å². The van der Waals surface area contributed by atoms with Crippen molar-refractivity contribution >= 4 is 22.9 Å². The number of fused-ring (bicyclic) bond motifs is 2. The Bertz CT molecular complexity index is 983. The van der Waals surface area contributed by atoms with Gasteiger partial charge in [-0.05, 0) is 48.4 Å². The minimum Gasteiger partial charge on any atom is -0.372 e. The molecule has 144 valence electrons. The minimum atomic E-state index is -0.133. The summed E-state index contributed by atoms with van der Waals surface area (Å²) in [5.74, 6) is 1.14. The number of nitrogens with one attached hydrogen (secondary N) is 1. The second-order valence-electron chi connectivity index (χ2n) is 7.45. The predicted octanol–water partition coefficient (Wildman–Crippen LogP) is 4.59. The van der Waals surface area contributed by atoms with Crippen molar-refractivity contribution in [3.63, 3.8) is 0 Å². The summed E-state index contributed by atoms with van der Waals surface area (Å²) in [5, 5.41) is 5.12. The minimum absolute atomic E-state index is 0.0208. The third-order valence-corrected chi connectivity index (χ3v) is 6.54. The average Bonchev–Trinajstić information content (AvgIpc) is 3.35. The highest BCUT2D eigenvalue weighted by Gasteiger charge is 2.24. The van der Waals surface area contributed by atoms with E-state index in [9.17, 15) is 4.79 Å². The number of rotatable bonds is 4. The first-order valence-electron chi connectivity index (χ1n) is 9.90. The Morgan fingerprint density at radius 2 is 2.25 bits per heavy atom. The molecule has 0 spiro atoms. The van der Waals surface area contributed by atoms with E-state index in [-0.39, 0.29) is 12.0 Å². The number of carbonyl (C=O) groups is 1. The topological polar surface area (TPSA) is 56.1 Å². The van der Waals surface area contributed by atoms with E-state index in [0.29, 0.717) is 13.0 Å². The standard InChI is InChI=1S/C22H23N3O2S/c26-21(13-19-22-15(7-10-27-19)8-11-28-22)23-17-5-3-4-16(12-17)18-14-25-9-2-1-6-20(25)24-18/h3-5,8,11-12,14,19H,1-2,6-7,9-10,13H2,(H,23,26)/t19-/m0/s1. The fraction of sp³-hybridized carbons (Fsp3) is 0.364. The molecule has 6 heteroatoms. The van der Waals surface area contributed by atoms with Gasteiger partial charge in [-0.3, -0.25) is 4.79 Å². The zero-order chi connectivity index (χ0) is 18.9. The van der Waals surface area contributed by atoms with E-state index < -0.39 is 0 Å². The maximum Gasteiger partial charge on any atom is 0.227 e. The smallest absolute Gasteiger partial charge is 0.227 e. The predicted molar refractivity (Wildman–Crippen MR) is 111 cm³/mol. The van der Waals surface area contributed by atoms with Crippen LogP contribution in [0.1, 0.15) is 41.6 Å². The summed E-state index contributed by atoms with van der Waals surface area (Å²) in [7, 11) is 0. The molecule has 0 saturated carbocycles. The van der Waals surface area contributed by atoms with Crippen molar-refractivity contribution in [2.75, 3.05) is 11.9 Å². The fourth-order valence-electron chi connectivity index (χ4n) is 4.06. The van der Waals surface area contributed by atoms with E-state index in [0.717, 1.165) is 42.2 Å². The van der Waals surface area contributed by atoms with Gasteiger partial charge in [0.25, 0.3) is 0 Å². The van der Waals surface area contributed by atoms with Gasteiger partial charge in [0, 0.05) is 35.3 Å². The lowest BCUT2D eigenvalue weighted by atomic mass is 10.1. The molecule has 5 nitrogen and oxygen atoms in total. The zero-order valence-electron chi connectivity index (χ0n) is 15.7. The summed E-state index contributed by atoms with van der Waals surface area (Å²) in [5.41, 5.74) is 4.14. The van der Waals surface area contributed by atoms with Crippen molar-refractivity contribution in [2.45, 2.75) is 44.8 Å². The fourth-order valence-corrected chi connectivity index (χ4v) is 5.07. The summed E-state index contributed by atoms with van der Waals surface area (Å²) < 4.78 is 8.10. The van der Waals surface area contributed by atoms with Crippen LogP contribution in [0.5, 0.6) is 0 Å². The van der Waals surface area contributed by atoms with Gasteiger partial charge in [0.2, 0.25) is 5.91 Å². The molecule has 1 amide bonds. The summed E-state index contributed by atoms with van der Waals surface area (Å²) in [6, 6.07) is 10.1. The Kier molecular flexibility index (Phi) is 4.74. The van der Waals surface area contributed by atoms with Crippen LogP contribution < -0.4 is 5.32 Å². The Labute approximate surface area is 168 Å². The quantitative estimate of drug-likeness (QED) is 0.705. The maximum atomic E-state index is 12.6. The molecule has 0 bridgehead atoms. The van der Waals surface area contributed by atoms with Crippen LogP contribution in [0.25, 0.3) is 11.3 Å². The van der Waals surface area contributed by atoms with E-state index in [4.69, 9.17) is 9.72 Å². The van der Waals surface area contributed by atoms with Crippen LogP contribution in [-0.2, 0) is 28.9 Å². The van der Waals surface area contributed by atoms with Gasteiger partial charge in [-0.1, -0.05) is 12.1 Å².